The van der Waals surface area contributed by atoms with Gasteiger partial charge in [0.25, 0.3) is 5.91 Å². The molecule has 1 N–H and O–H groups in total. The highest BCUT2D eigenvalue weighted by Gasteiger charge is 2.24. The number of halogens is 2. The van der Waals surface area contributed by atoms with Crippen molar-refractivity contribution >= 4 is 11.6 Å². The van der Waals surface area contributed by atoms with Crippen molar-refractivity contribution in [2.45, 2.75) is 13.0 Å². The van der Waals surface area contributed by atoms with E-state index in [2.05, 4.69) is 5.32 Å². The normalized spacial score (nSPS) is 16.7. The van der Waals surface area contributed by atoms with Gasteiger partial charge in [-0.2, -0.15) is 0 Å². The summed E-state index contributed by atoms with van der Waals surface area (Å²) in [5.41, 5.74) is 2.13. The first-order valence-electron chi connectivity index (χ1n) is 8.63. The van der Waals surface area contributed by atoms with Crippen LogP contribution in [-0.4, -0.2) is 32.7 Å². The fraction of sp³-hybridized carbons (Fsp3) is 0.350. The molecule has 0 unspecified atom stereocenters. The van der Waals surface area contributed by atoms with E-state index in [1.807, 2.05) is 23.1 Å². The van der Waals surface area contributed by atoms with Crippen LogP contribution < -0.4 is 10.2 Å². The third-order valence-corrected chi connectivity index (χ3v) is 4.67. The first-order chi connectivity index (χ1) is 12.6. The van der Waals surface area contributed by atoms with Gasteiger partial charge in [0.2, 0.25) is 0 Å². The lowest BCUT2D eigenvalue weighted by Gasteiger charge is -2.19. The molecular formula is C20H22F2N2O2. The van der Waals surface area contributed by atoms with Gasteiger partial charge in [-0.3, -0.25) is 4.79 Å². The highest BCUT2D eigenvalue weighted by atomic mass is 19.2. The molecule has 0 spiro atoms. The van der Waals surface area contributed by atoms with Gasteiger partial charge in [-0.05, 0) is 36.1 Å². The third-order valence-electron chi connectivity index (χ3n) is 4.67. The van der Waals surface area contributed by atoms with Crippen molar-refractivity contribution in [1.29, 1.82) is 0 Å². The number of benzene rings is 2. The number of nitrogens with one attached hydrogen (secondary N) is 1. The number of ether oxygens (including phenoxy) is 1. The lowest BCUT2D eigenvalue weighted by atomic mass is 10.1. The zero-order valence-corrected chi connectivity index (χ0v) is 14.7. The fourth-order valence-electron chi connectivity index (χ4n) is 3.27. The van der Waals surface area contributed by atoms with Crippen molar-refractivity contribution in [3.8, 4) is 0 Å². The Morgan fingerprint density at radius 2 is 2.04 bits per heavy atom. The highest BCUT2D eigenvalue weighted by molar-refractivity contribution is 5.95. The van der Waals surface area contributed by atoms with Crippen molar-refractivity contribution in [3.05, 3.63) is 65.2 Å². The van der Waals surface area contributed by atoms with Crippen molar-refractivity contribution in [3.63, 3.8) is 0 Å². The van der Waals surface area contributed by atoms with E-state index < -0.39 is 11.6 Å². The van der Waals surface area contributed by atoms with E-state index >= 15 is 0 Å². The predicted octanol–water partition coefficient (Wildman–Crippen LogP) is 3.37. The number of hydrogen-bond acceptors (Lipinski definition) is 3. The van der Waals surface area contributed by atoms with E-state index in [4.69, 9.17) is 4.74 Å². The summed E-state index contributed by atoms with van der Waals surface area (Å²) in [6.07, 6.45) is 0.888. The summed E-state index contributed by atoms with van der Waals surface area (Å²) in [6.45, 7) is 2.38. The average molecular weight is 360 g/mol. The largest absolute Gasteiger partial charge is 0.380 e. The molecule has 1 aliphatic heterocycles. The van der Waals surface area contributed by atoms with E-state index in [1.165, 1.54) is 6.07 Å². The standard InChI is InChI=1S/C20H22F2N2O2/c1-26-13-15-4-2-3-5-17(15)20(25)23-11-14-8-9-24(12-14)16-6-7-18(21)19(22)10-16/h2-7,10,14H,8-9,11-13H2,1H3,(H,23,25)/t14-/m1/s1. The van der Waals surface area contributed by atoms with Gasteiger partial charge in [0.15, 0.2) is 11.6 Å². The van der Waals surface area contributed by atoms with Gasteiger partial charge in [0.1, 0.15) is 0 Å². The van der Waals surface area contributed by atoms with Crippen LogP contribution in [0.25, 0.3) is 0 Å². The van der Waals surface area contributed by atoms with E-state index in [1.54, 1.807) is 19.2 Å². The zero-order valence-electron chi connectivity index (χ0n) is 14.7. The number of nitrogens with zero attached hydrogens (tertiary/aromatic N) is 1. The lowest BCUT2D eigenvalue weighted by Crippen LogP contribution is -2.31. The number of anilines is 1. The van der Waals surface area contributed by atoms with Gasteiger partial charge in [-0.15, -0.1) is 0 Å². The first-order valence-corrected chi connectivity index (χ1v) is 8.63. The SMILES string of the molecule is COCc1ccccc1C(=O)NC[C@H]1CCN(c2ccc(F)c(F)c2)C1. The second kappa shape index (κ2) is 8.27. The molecule has 3 rings (SSSR count). The molecule has 6 heteroatoms. The summed E-state index contributed by atoms with van der Waals surface area (Å²) < 4.78 is 31.6. The van der Waals surface area contributed by atoms with Crippen molar-refractivity contribution in [2.24, 2.45) is 5.92 Å². The Labute approximate surface area is 151 Å². The van der Waals surface area contributed by atoms with Crippen LogP contribution in [0.5, 0.6) is 0 Å². The molecule has 1 atom stereocenters. The summed E-state index contributed by atoms with van der Waals surface area (Å²) in [7, 11) is 1.60. The van der Waals surface area contributed by atoms with Crippen LogP contribution in [0.15, 0.2) is 42.5 Å². The summed E-state index contributed by atoms with van der Waals surface area (Å²) in [4.78, 5) is 14.5. The molecule has 26 heavy (non-hydrogen) atoms. The molecule has 1 aliphatic rings. The Morgan fingerprint density at radius 3 is 2.81 bits per heavy atom. The Balaban J connectivity index is 1.56. The topological polar surface area (TPSA) is 41.6 Å². The molecular weight excluding hydrogens is 338 g/mol. The predicted molar refractivity (Wildman–Crippen MR) is 96.2 cm³/mol. The second-order valence-electron chi connectivity index (χ2n) is 6.50. The van der Waals surface area contributed by atoms with Gasteiger partial charge < -0.3 is 15.0 Å². The summed E-state index contributed by atoms with van der Waals surface area (Å²) in [5.74, 6) is -1.54. The third kappa shape index (κ3) is 4.19. The highest BCUT2D eigenvalue weighted by Crippen LogP contribution is 2.25. The minimum atomic E-state index is -0.841. The van der Waals surface area contributed by atoms with E-state index in [9.17, 15) is 13.6 Å². The number of methoxy groups -OCH3 is 1. The minimum absolute atomic E-state index is 0.121. The van der Waals surface area contributed by atoms with Gasteiger partial charge >= 0.3 is 0 Å². The summed E-state index contributed by atoms with van der Waals surface area (Å²) >= 11 is 0. The molecule has 2 aromatic carbocycles. The molecule has 1 saturated heterocycles. The van der Waals surface area contributed by atoms with Crippen LogP contribution >= 0.6 is 0 Å². The van der Waals surface area contributed by atoms with E-state index in [-0.39, 0.29) is 11.8 Å². The number of carbonyl (C=O) groups is 1. The summed E-state index contributed by atoms with van der Waals surface area (Å²) in [5, 5.41) is 2.98. The second-order valence-corrected chi connectivity index (χ2v) is 6.50. The molecule has 1 amide bonds. The number of carbonyl (C=O) groups excluding carboxylic acids is 1. The smallest absolute Gasteiger partial charge is 0.251 e. The average Bonchev–Trinajstić information content (AvgIpc) is 3.12. The Kier molecular flexibility index (Phi) is 5.83. The monoisotopic (exact) mass is 360 g/mol. The van der Waals surface area contributed by atoms with Gasteiger partial charge in [0, 0.05) is 44.1 Å². The van der Waals surface area contributed by atoms with Crippen LogP contribution in [0, 0.1) is 17.6 Å². The lowest BCUT2D eigenvalue weighted by molar-refractivity contribution is 0.0943. The Morgan fingerprint density at radius 1 is 1.23 bits per heavy atom. The minimum Gasteiger partial charge on any atom is -0.380 e. The van der Waals surface area contributed by atoms with Gasteiger partial charge in [0.05, 0.1) is 6.61 Å². The molecule has 0 bridgehead atoms. The van der Waals surface area contributed by atoms with Gasteiger partial charge in [-0.25, -0.2) is 8.78 Å². The maximum Gasteiger partial charge on any atom is 0.251 e. The molecule has 4 nitrogen and oxygen atoms in total. The molecule has 1 heterocycles. The maximum atomic E-state index is 13.4. The Bertz CT molecular complexity index is 782. The van der Waals surface area contributed by atoms with Crippen LogP contribution in [0.2, 0.25) is 0 Å². The molecule has 2 aromatic rings. The number of amides is 1. The molecule has 1 fully saturated rings. The van der Waals surface area contributed by atoms with Crippen LogP contribution in [0.4, 0.5) is 14.5 Å². The Hall–Kier alpha value is -2.47. The van der Waals surface area contributed by atoms with E-state index in [0.717, 1.165) is 24.6 Å². The molecule has 138 valence electrons. The molecule has 0 aromatic heterocycles. The summed E-state index contributed by atoms with van der Waals surface area (Å²) in [6, 6.07) is 11.3. The molecule has 0 aliphatic carbocycles. The van der Waals surface area contributed by atoms with Crippen molar-refractivity contribution in [2.75, 3.05) is 31.6 Å². The van der Waals surface area contributed by atoms with Crippen LogP contribution in [-0.2, 0) is 11.3 Å². The maximum absolute atomic E-state index is 13.4. The number of hydrogen-bond donors (Lipinski definition) is 1. The quantitative estimate of drug-likeness (QED) is 0.859. The first kappa shape index (κ1) is 18.3. The molecule has 0 radical (unpaired) electrons. The van der Waals surface area contributed by atoms with Crippen molar-refractivity contribution < 1.29 is 18.3 Å². The van der Waals surface area contributed by atoms with Crippen molar-refractivity contribution in [1.82, 2.24) is 5.32 Å². The number of rotatable bonds is 6. The van der Waals surface area contributed by atoms with E-state index in [0.29, 0.717) is 30.9 Å². The zero-order chi connectivity index (χ0) is 18.5. The van der Waals surface area contributed by atoms with Crippen LogP contribution in [0.3, 0.4) is 0 Å². The van der Waals surface area contributed by atoms with Crippen LogP contribution in [0.1, 0.15) is 22.3 Å². The fourth-order valence-corrected chi connectivity index (χ4v) is 3.27. The molecule has 0 saturated carbocycles. The van der Waals surface area contributed by atoms with Gasteiger partial charge in [-0.1, -0.05) is 18.2 Å².